The van der Waals surface area contributed by atoms with Crippen molar-refractivity contribution in [2.45, 2.75) is 38.0 Å². The largest absolute Gasteiger partial charge is 0.441 e. The molecule has 1 unspecified atom stereocenters. The number of thioether (sulfide) groups is 1. The van der Waals surface area contributed by atoms with Gasteiger partial charge in [0.05, 0.1) is 16.7 Å². The molecule has 1 atom stereocenters. The zero-order valence-corrected chi connectivity index (χ0v) is 21.7. The predicted octanol–water partition coefficient (Wildman–Crippen LogP) is 6.10. The molecule has 1 fully saturated rings. The maximum atomic E-state index is 11.9. The number of oxime groups is 1. The molecular weight excluding hydrogens is 498 g/mol. The molecule has 1 aliphatic heterocycles. The van der Waals surface area contributed by atoms with Crippen molar-refractivity contribution >= 4 is 28.6 Å². The summed E-state index contributed by atoms with van der Waals surface area (Å²) in [6, 6.07) is 27.6. The Morgan fingerprint density at radius 3 is 2.37 bits per heavy atom. The minimum Gasteiger partial charge on any atom is -0.441 e. The summed E-state index contributed by atoms with van der Waals surface area (Å²) in [5, 5.41) is 6.15. The van der Waals surface area contributed by atoms with Crippen molar-refractivity contribution in [1.82, 2.24) is 10.3 Å². The first-order chi connectivity index (χ1) is 18.5. The number of hydrogen-bond acceptors (Lipinski definition) is 7. The predicted molar refractivity (Wildman–Crippen MR) is 148 cm³/mol. The van der Waals surface area contributed by atoms with Gasteiger partial charge in [0.2, 0.25) is 11.8 Å². The van der Waals surface area contributed by atoms with Crippen LogP contribution in [0, 0.1) is 6.92 Å². The third kappa shape index (κ3) is 6.39. The quantitative estimate of drug-likeness (QED) is 0.199. The van der Waals surface area contributed by atoms with Gasteiger partial charge >= 0.3 is 0 Å². The van der Waals surface area contributed by atoms with Crippen LogP contribution >= 0.6 is 11.8 Å². The van der Waals surface area contributed by atoms with Crippen molar-refractivity contribution in [3.8, 4) is 11.5 Å². The normalized spacial score (nSPS) is 15.5. The number of aryl methyl sites for hydroxylation is 2. The van der Waals surface area contributed by atoms with Crippen LogP contribution < -0.4 is 5.32 Å². The van der Waals surface area contributed by atoms with E-state index >= 15 is 0 Å². The van der Waals surface area contributed by atoms with E-state index in [9.17, 15) is 9.59 Å². The van der Waals surface area contributed by atoms with Crippen LogP contribution in [-0.4, -0.2) is 27.1 Å². The van der Waals surface area contributed by atoms with Crippen molar-refractivity contribution in [3.63, 3.8) is 0 Å². The summed E-state index contributed by atoms with van der Waals surface area (Å²) in [6.45, 7) is 2.29. The molecule has 0 bridgehead atoms. The van der Waals surface area contributed by atoms with E-state index in [1.54, 1.807) is 0 Å². The van der Waals surface area contributed by atoms with E-state index in [4.69, 9.17) is 14.2 Å². The van der Waals surface area contributed by atoms with E-state index in [1.165, 1.54) is 0 Å². The van der Waals surface area contributed by atoms with Crippen molar-refractivity contribution in [2.75, 3.05) is 0 Å². The second-order valence-corrected chi connectivity index (χ2v) is 10.1. The van der Waals surface area contributed by atoms with E-state index in [0.29, 0.717) is 31.8 Å². The average molecular weight is 526 g/mol. The highest BCUT2D eigenvalue weighted by Gasteiger charge is 2.31. The molecular formula is C30H27N3O4S. The van der Waals surface area contributed by atoms with Gasteiger partial charge in [0.15, 0.2) is 0 Å². The van der Waals surface area contributed by atoms with Crippen molar-refractivity contribution in [1.29, 1.82) is 0 Å². The summed E-state index contributed by atoms with van der Waals surface area (Å²) in [5.41, 5.74) is 5.54. The van der Waals surface area contributed by atoms with Crippen LogP contribution in [0.2, 0.25) is 0 Å². The number of imide groups is 1. The Bertz CT molecular complexity index is 1430. The number of oxazole rings is 1. The zero-order valence-electron chi connectivity index (χ0n) is 20.9. The summed E-state index contributed by atoms with van der Waals surface area (Å²) >= 11 is 1.04. The second-order valence-electron chi connectivity index (χ2n) is 8.97. The highest BCUT2D eigenvalue weighted by Crippen LogP contribution is 2.25. The van der Waals surface area contributed by atoms with E-state index in [0.717, 1.165) is 51.2 Å². The molecule has 192 valence electrons. The fourth-order valence-corrected chi connectivity index (χ4v) is 5.04. The van der Waals surface area contributed by atoms with Crippen molar-refractivity contribution in [2.24, 2.45) is 5.16 Å². The summed E-state index contributed by atoms with van der Waals surface area (Å²) < 4.78 is 5.93. The van der Waals surface area contributed by atoms with Gasteiger partial charge in [0.25, 0.3) is 5.24 Å². The number of rotatable bonds is 10. The molecule has 2 heterocycles. The minimum atomic E-state index is -0.398. The average Bonchev–Trinajstić information content (AvgIpc) is 3.47. The Labute approximate surface area is 225 Å². The molecule has 1 aliphatic rings. The number of nitrogens with zero attached hydrogens (tertiary/aromatic N) is 2. The van der Waals surface area contributed by atoms with Crippen LogP contribution in [0.5, 0.6) is 0 Å². The first kappa shape index (κ1) is 25.5. The van der Waals surface area contributed by atoms with Gasteiger partial charge in [-0.05, 0) is 55.0 Å². The van der Waals surface area contributed by atoms with Gasteiger partial charge in [-0.2, -0.15) is 0 Å². The molecule has 0 spiro atoms. The third-order valence-corrected chi connectivity index (χ3v) is 7.22. The Hall–Kier alpha value is -4.17. The van der Waals surface area contributed by atoms with Crippen molar-refractivity contribution < 1.29 is 18.8 Å². The number of benzene rings is 3. The van der Waals surface area contributed by atoms with E-state index in [-0.39, 0.29) is 11.1 Å². The fraction of sp³-hybridized carbons (Fsp3) is 0.200. The number of aromatic nitrogens is 1. The summed E-state index contributed by atoms with van der Waals surface area (Å²) in [6.07, 6.45) is 1.73. The molecule has 1 N–H and O–H groups in total. The Kier molecular flexibility index (Phi) is 7.99. The molecule has 2 amide bonds. The number of carbonyl (C=O) groups is 2. The van der Waals surface area contributed by atoms with Crippen LogP contribution in [0.3, 0.4) is 0 Å². The van der Waals surface area contributed by atoms with Gasteiger partial charge in [-0.25, -0.2) is 4.98 Å². The van der Waals surface area contributed by atoms with E-state index in [1.807, 2.05) is 91.9 Å². The maximum Gasteiger partial charge on any atom is 0.286 e. The molecule has 1 saturated heterocycles. The SMILES string of the molecule is Cc1oc(-c2ccccc2)nc1CC/C(=N\OCc1ccccc1)c1ccc(CC2SC(=O)NC2=O)cc1. The van der Waals surface area contributed by atoms with E-state index in [2.05, 4.69) is 10.5 Å². The lowest BCUT2D eigenvalue weighted by molar-refractivity contribution is -0.118. The molecule has 8 heteroatoms. The minimum absolute atomic E-state index is 0.238. The first-order valence-corrected chi connectivity index (χ1v) is 13.3. The molecule has 4 aromatic rings. The number of hydrogen-bond donors (Lipinski definition) is 1. The van der Waals surface area contributed by atoms with Crippen LogP contribution in [-0.2, 0) is 29.1 Å². The number of nitrogens with one attached hydrogen (secondary N) is 1. The van der Waals surface area contributed by atoms with Gasteiger partial charge in [-0.15, -0.1) is 0 Å². The highest BCUT2D eigenvalue weighted by molar-refractivity contribution is 8.15. The maximum absolute atomic E-state index is 11.9. The summed E-state index contributed by atoms with van der Waals surface area (Å²) in [5.74, 6) is 1.15. The van der Waals surface area contributed by atoms with Crippen LogP contribution in [0.4, 0.5) is 4.79 Å². The number of carbonyl (C=O) groups excluding carboxylic acids is 2. The van der Waals surface area contributed by atoms with E-state index < -0.39 is 5.25 Å². The van der Waals surface area contributed by atoms with Gasteiger partial charge in [0, 0.05) is 5.56 Å². The monoisotopic (exact) mass is 525 g/mol. The Morgan fingerprint density at radius 2 is 1.68 bits per heavy atom. The molecule has 0 radical (unpaired) electrons. The summed E-state index contributed by atoms with van der Waals surface area (Å²) in [4.78, 5) is 33.9. The topological polar surface area (TPSA) is 93.8 Å². The molecule has 7 nitrogen and oxygen atoms in total. The first-order valence-electron chi connectivity index (χ1n) is 12.4. The molecule has 3 aromatic carbocycles. The fourth-order valence-electron chi connectivity index (χ4n) is 4.18. The molecule has 0 aliphatic carbocycles. The van der Waals surface area contributed by atoms with Gasteiger partial charge < -0.3 is 9.25 Å². The lowest BCUT2D eigenvalue weighted by Crippen LogP contribution is -2.25. The second kappa shape index (κ2) is 11.9. The molecule has 1 aromatic heterocycles. The van der Waals surface area contributed by atoms with Crippen molar-refractivity contribution in [3.05, 3.63) is 113 Å². The Morgan fingerprint density at radius 1 is 0.974 bits per heavy atom. The summed E-state index contributed by atoms with van der Waals surface area (Å²) in [7, 11) is 0. The zero-order chi connectivity index (χ0) is 26.3. The Balaban J connectivity index is 1.31. The van der Waals surface area contributed by atoms with Gasteiger partial charge in [-0.1, -0.05) is 89.7 Å². The highest BCUT2D eigenvalue weighted by atomic mass is 32.2. The number of amides is 2. The lowest BCUT2D eigenvalue weighted by Gasteiger charge is -2.09. The van der Waals surface area contributed by atoms with Crippen LogP contribution in [0.25, 0.3) is 11.5 Å². The molecule has 0 saturated carbocycles. The van der Waals surface area contributed by atoms with Crippen LogP contribution in [0.15, 0.2) is 94.5 Å². The van der Waals surface area contributed by atoms with Gasteiger partial charge in [0.1, 0.15) is 12.4 Å². The lowest BCUT2D eigenvalue weighted by atomic mass is 10.0. The van der Waals surface area contributed by atoms with Crippen LogP contribution in [0.1, 0.15) is 34.6 Å². The smallest absolute Gasteiger partial charge is 0.286 e. The standard InChI is InChI=1S/C30H27N3O4S/c1-20-25(31-29(37-20)24-10-6-3-7-11-24)16-17-26(33-36-19-22-8-4-2-5-9-22)23-14-12-21(13-15-23)18-27-28(34)32-30(35)38-27/h2-15,27H,16-19H2,1H3,(H,32,34,35)/b33-26+. The molecule has 5 rings (SSSR count). The molecule has 38 heavy (non-hydrogen) atoms. The van der Waals surface area contributed by atoms with Gasteiger partial charge in [-0.3, -0.25) is 14.9 Å². The third-order valence-electron chi connectivity index (χ3n) is 6.24.